The smallest absolute Gasteiger partial charge is 0.167 e. The summed E-state index contributed by atoms with van der Waals surface area (Å²) in [4.78, 5) is 16.4. The normalized spacial score (nSPS) is 19.2. The Morgan fingerprint density at radius 2 is 1.90 bits per heavy atom. The van der Waals surface area contributed by atoms with Crippen LogP contribution in [0.25, 0.3) is 0 Å². The summed E-state index contributed by atoms with van der Waals surface area (Å²) >= 11 is 1.70. The maximum absolute atomic E-state index is 12.8. The van der Waals surface area contributed by atoms with Crippen LogP contribution in [0, 0.1) is 5.92 Å². The van der Waals surface area contributed by atoms with Gasteiger partial charge in [-0.15, -0.1) is 11.8 Å². The molecule has 1 heterocycles. The van der Waals surface area contributed by atoms with E-state index in [0.29, 0.717) is 0 Å². The van der Waals surface area contributed by atoms with Crippen molar-refractivity contribution >= 4 is 17.5 Å². The third-order valence-corrected chi connectivity index (χ3v) is 5.10. The third kappa shape index (κ3) is 4.09. The van der Waals surface area contributed by atoms with Crippen molar-refractivity contribution in [2.75, 3.05) is 32.6 Å². The first kappa shape index (κ1) is 16.5. The lowest BCUT2D eigenvalue weighted by atomic mass is 9.88. The maximum Gasteiger partial charge on any atom is 0.167 e. The number of benzene rings is 1. The van der Waals surface area contributed by atoms with Gasteiger partial charge in [-0.05, 0) is 31.7 Å². The van der Waals surface area contributed by atoms with Crippen molar-refractivity contribution in [3.05, 3.63) is 29.8 Å². The van der Waals surface area contributed by atoms with E-state index in [1.54, 1.807) is 11.8 Å². The van der Waals surface area contributed by atoms with Gasteiger partial charge in [-0.2, -0.15) is 0 Å². The third-order valence-electron chi connectivity index (χ3n) is 4.36. The Hall–Kier alpha value is -0.840. The second-order valence-corrected chi connectivity index (χ2v) is 6.38. The molecule has 0 bridgehead atoms. The Kier molecular flexibility index (Phi) is 6.27. The number of Topliss-reactive ketones (excluding diaryl/α,β-unsaturated/α-hetero) is 1. The average Bonchev–Trinajstić information content (AvgIpc) is 2.56. The molecule has 0 amide bonds. The molecule has 1 fully saturated rings. The van der Waals surface area contributed by atoms with Gasteiger partial charge in [0.1, 0.15) is 0 Å². The van der Waals surface area contributed by atoms with E-state index in [1.807, 2.05) is 30.5 Å². The molecule has 0 N–H and O–H groups in total. The van der Waals surface area contributed by atoms with Gasteiger partial charge in [0.25, 0.3) is 0 Å². The topological polar surface area (TPSA) is 29.5 Å². The molecule has 0 saturated carbocycles. The van der Waals surface area contributed by atoms with E-state index in [-0.39, 0.29) is 17.7 Å². The number of thioether (sulfide) groups is 1. The molecule has 21 heavy (non-hydrogen) atoms. The first-order chi connectivity index (χ1) is 10.2. The molecule has 116 valence electrons. The Morgan fingerprint density at radius 1 is 1.29 bits per heavy atom. The fraction of sp³-hybridized carbons (Fsp3) is 0.588. The van der Waals surface area contributed by atoms with Gasteiger partial charge >= 0.3 is 0 Å². The van der Waals surface area contributed by atoms with Crippen molar-refractivity contribution in [2.45, 2.75) is 31.2 Å². The van der Waals surface area contributed by atoms with Crippen LogP contribution < -0.4 is 0 Å². The second-order valence-electron chi connectivity index (χ2n) is 5.50. The van der Waals surface area contributed by atoms with Crippen LogP contribution in [0.3, 0.4) is 0 Å². The number of carbonyl (C=O) groups is 1. The number of hydrogen-bond acceptors (Lipinski definition) is 4. The molecule has 1 saturated heterocycles. The number of nitrogens with zero attached hydrogens (tertiary/aromatic N) is 1. The first-order valence-corrected chi connectivity index (χ1v) is 8.90. The molecular formula is C17H25NO2S. The predicted molar refractivity (Wildman–Crippen MR) is 88.2 cm³/mol. The highest BCUT2D eigenvalue weighted by Gasteiger charge is 2.29. The van der Waals surface area contributed by atoms with Crippen molar-refractivity contribution in [3.63, 3.8) is 0 Å². The highest BCUT2D eigenvalue weighted by molar-refractivity contribution is 7.98. The van der Waals surface area contributed by atoms with Crippen LogP contribution in [0.2, 0.25) is 0 Å². The highest BCUT2D eigenvalue weighted by Crippen LogP contribution is 2.23. The predicted octanol–water partition coefficient (Wildman–Crippen LogP) is 3.34. The van der Waals surface area contributed by atoms with E-state index in [4.69, 9.17) is 4.74 Å². The van der Waals surface area contributed by atoms with Crippen LogP contribution in [0.5, 0.6) is 0 Å². The molecule has 3 nitrogen and oxygen atoms in total. The van der Waals surface area contributed by atoms with Gasteiger partial charge < -0.3 is 4.74 Å². The molecule has 0 spiro atoms. The number of ether oxygens (including phenoxy) is 1. The van der Waals surface area contributed by atoms with Crippen LogP contribution in [0.1, 0.15) is 30.6 Å². The van der Waals surface area contributed by atoms with E-state index in [1.165, 1.54) is 4.90 Å². The molecule has 2 atom stereocenters. The summed E-state index contributed by atoms with van der Waals surface area (Å²) in [6.45, 7) is 7.69. The molecule has 0 aromatic heterocycles. The van der Waals surface area contributed by atoms with Crippen molar-refractivity contribution in [1.82, 2.24) is 4.90 Å². The number of ketones is 1. The summed E-state index contributed by atoms with van der Waals surface area (Å²) in [7, 11) is 0. The van der Waals surface area contributed by atoms with Gasteiger partial charge in [-0.25, -0.2) is 0 Å². The molecule has 1 aliphatic rings. The summed E-state index contributed by atoms with van der Waals surface area (Å²) < 4.78 is 5.40. The first-order valence-electron chi connectivity index (χ1n) is 7.67. The standard InChI is InChI=1S/C17H25NO2S/c1-4-16(13(2)18-9-11-20-12-10-18)17(19)14-5-7-15(21-3)8-6-14/h5-8,13,16H,4,9-12H2,1-3H3. The second kappa shape index (κ2) is 7.97. The lowest BCUT2D eigenvalue weighted by molar-refractivity contribution is 0.00789. The molecule has 1 aromatic carbocycles. The minimum Gasteiger partial charge on any atom is -0.379 e. The number of carbonyl (C=O) groups excluding carboxylic acids is 1. The van der Waals surface area contributed by atoms with Crippen LogP contribution >= 0.6 is 11.8 Å². The van der Waals surface area contributed by atoms with Gasteiger partial charge in [0.05, 0.1) is 13.2 Å². The molecule has 0 aliphatic carbocycles. The largest absolute Gasteiger partial charge is 0.379 e. The summed E-state index contributed by atoms with van der Waals surface area (Å²) in [5.41, 5.74) is 0.833. The average molecular weight is 307 g/mol. The van der Waals surface area contributed by atoms with E-state index >= 15 is 0 Å². The molecule has 1 aliphatic heterocycles. The Bertz CT molecular complexity index is 454. The minimum atomic E-state index is 0.0585. The fourth-order valence-corrected chi connectivity index (χ4v) is 3.36. The van der Waals surface area contributed by atoms with Gasteiger partial charge in [-0.3, -0.25) is 9.69 Å². The Balaban J connectivity index is 2.09. The molecular weight excluding hydrogens is 282 g/mol. The molecule has 4 heteroatoms. The van der Waals surface area contributed by atoms with Crippen molar-refractivity contribution in [1.29, 1.82) is 0 Å². The maximum atomic E-state index is 12.8. The van der Waals surface area contributed by atoms with Crippen LogP contribution in [-0.4, -0.2) is 49.3 Å². The molecule has 0 radical (unpaired) electrons. The summed E-state index contributed by atoms with van der Waals surface area (Å²) in [5.74, 6) is 0.326. The fourth-order valence-electron chi connectivity index (χ4n) is 2.95. The Morgan fingerprint density at radius 3 is 2.43 bits per heavy atom. The van der Waals surface area contributed by atoms with Gasteiger partial charge in [0, 0.05) is 35.5 Å². The summed E-state index contributed by atoms with van der Waals surface area (Å²) in [6, 6.07) is 8.26. The van der Waals surface area contributed by atoms with Gasteiger partial charge in [-0.1, -0.05) is 19.1 Å². The molecule has 1 aromatic rings. The summed E-state index contributed by atoms with van der Waals surface area (Å²) in [6.07, 6.45) is 2.92. The van der Waals surface area contributed by atoms with E-state index in [2.05, 4.69) is 18.7 Å². The van der Waals surface area contributed by atoms with Gasteiger partial charge in [0.15, 0.2) is 5.78 Å². The number of hydrogen-bond donors (Lipinski definition) is 0. The number of rotatable bonds is 6. The monoisotopic (exact) mass is 307 g/mol. The van der Waals surface area contributed by atoms with Gasteiger partial charge in [0.2, 0.25) is 0 Å². The quantitative estimate of drug-likeness (QED) is 0.595. The molecule has 2 unspecified atom stereocenters. The van der Waals surface area contributed by atoms with E-state index in [0.717, 1.165) is 38.3 Å². The zero-order chi connectivity index (χ0) is 15.2. The van der Waals surface area contributed by atoms with E-state index in [9.17, 15) is 4.79 Å². The zero-order valence-corrected chi connectivity index (χ0v) is 14.0. The minimum absolute atomic E-state index is 0.0585. The zero-order valence-electron chi connectivity index (χ0n) is 13.2. The van der Waals surface area contributed by atoms with Crippen molar-refractivity contribution in [3.8, 4) is 0 Å². The molecule has 2 rings (SSSR count). The van der Waals surface area contributed by atoms with Crippen LogP contribution in [0.15, 0.2) is 29.2 Å². The lowest BCUT2D eigenvalue weighted by Gasteiger charge is -2.36. The highest BCUT2D eigenvalue weighted by atomic mass is 32.2. The van der Waals surface area contributed by atoms with Crippen LogP contribution in [0.4, 0.5) is 0 Å². The summed E-state index contributed by atoms with van der Waals surface area (Å²) in [5, 5.41) is 0. The number of morpholine rings is 1. The lowest BCUT2D eigenvalue weighted by Crippen LogP contribution is -2.47. The van der Waals surface area contributed by atoms with Crippen molar-refractivity contribution in [2.24, 2.45) is 5.92 Å². The Labute approximate surface area is 132 Å². The van der Waals surface area contributed by atoms with Crippen molar-refractivity contribution < 1.29 is 9.53 Å². The van der Waals surface area contributed by atoms with E-state index < -0.39 is 0 Å². The van der Waals surface area contributed by atoms with Crippen LogP contribution in [-0.2, 0) is 4.74 Å². The SMILES string of the molecule is CCC(C(=O)c1ccc(SC)cc1)C(C)N1CCOCC1.